The molecule has 1 heterocycles. The molecule has 0 unspecified atom stereocenters. The third-order valence-corrected chi connectivity index (χ3v) is 2.78. The number of fused-ring (bicyclic) bond motifs is 1. The molecule has 16 heavy (non-hydrogen) atoms. The average Bonchev–Trinajstić information content (AvgIpc) is 2.72. The molecule has 4 nitrogen and oxygen atoms in total. The molecule has 0 saturated heterocycles. The molecule has 1 aromatic carbocycles. The summed E-state index contributed by atoms with van der Waals surface area (Å²) in [4.78, 5) is 14.1. The predicted octanol–water partition coefficient (Wildman–Crippen LogP) is 2.03. The molecule has 0 aliphatic heterocycles. The molecule has 4 heteroatoms. The summed E-state index contributed by atoms with van der Waals surface area (Å²) in [7, 11) is 0. The Balaban J connectivity index is 2.73. The Labute approximate surface area is 92.1 Å². The van der Waals surface area contributed by atoms with Gasteiger partial charge in [-0.15, -0.1) is 0 Å². The first kappa shape index (κ1) is 10.2. The first-order valence-corrected chi connectivity index (χ1v) is 4.81. The lowest BCUT2D eigenvalue weighted by Crippen LogP contribution is -2.30. The summed E-state index contributed by atoms with van der Waals surface area (Å²) in [6, 6.07) is 9.18. The molecule has 2 aromatic rings. The minimum Gasteiger partial charge on any atom is -0.480 e. The van der Waals surface area contributed by atoms with E-state index in [0.29, 0.717) is 5.56 Å². The van der Waals surface area contributed by atoms with Crippen LogP contribution in [0, 0.1) is 11.3 Å². The van der Waals surface area contributed by atoms with E-state index in [4.69, 9.17) is 10.4 Å². The van der Waals surface area contributed by atoms with E-state index in [2.05, 4.69) is 4.98 Å². The van der Waals surface area contributed by atoms with Crippen molar-refractivity contribution in [3.8, 4) is 6.07 Å². The van der Waals surface area contributed by atoms with E-state index >= 15 is 0 Å². The molecule has 1 aromatic heterocycles. The monoisotopic (exact) mass is 214 g/mol. The first-order chi connectivity index (χ1) is 7.59. The fourth-order valence-electron chi connectivity index (χ4n) is 1.71. The van der Waals surface area contributed by atoms with E-state index in [-0.39, 0.29) is 0 Å². The highest BCUT2D eigenvalue weighted by atomic mass is 16.4. The second-order valence-corrected chi connectivity index (χ2v) is 3.79. The van der Waals surface area contributed by atoms with Crippen molar-refractivity contribution < 1.29 is 9.90 Å². The van der Waals surface area contributed by atoms with Gasteiger partial charge in [0.15, 0.2) is 5.41 Å². The normalized spacial score (nSPS) is 14.2. The quantitative estimate of drug-likeness (QED) is 0.802. The largest absolute Gasteiger partial charge is 0.480 e. The van der Waals surface area contributed by atoms with E-state index in [0.717, 1.165) is 10.9 Å². The van der Waals surface area contributed by atoms with E-state index < -0.39 is 11.4 Å². The number of benzene rings is 1. The Hall–Kier alpha value is -2.28. The van der Waals surface area contributed by atoms with E-state index in [1.54, 1.807) is 12.3 Å². The number of hydrogen-bond acceptors (Lipinski definition) is 2. The molecule has 2 rings (SSSR count). The molecule has 0 aliphatic carbocycles. The van der Waals surface area contributed by atoms with Crippen LogP contribution in [0.5, 0.6) is 0 Å². The summed E-state index contributed by atoms with van der Waals surface area (Å²) < 4.78 is 0. The average molecular weight is 214 g/mol. The third-order valence-electron chi connectivity index (χ3n) is 2.78. The number of nitriles is 1. The van der Waals surface area contributed by atoms with Crippen molar-refractivity contribution in [3.63, 3.8) is 0 Å². The number of aromatic nitrogens is 1. The summed E-state index contributed by atoms with van der Waals surface area (Å²) in [5.41, 5.74) is -0.182. The van der Waals surface area contributed by atoms with Crippen LogP contribution in [0.4, 0.5) is 0 Å². The number of aliphatic carboxylic acids is 1. The van der Waals surface area contributed by atoms with Crippen LogP contribution in [0.3, 0.4) is 0 Å². The number of nitrogens with zero attached hydrogens (tertiary/aromatic N) is 1. The molecule has 0 saturated carbocycles. The maximum absolute atomic E-state index is 11.2. The van der Waals surface area contributed by atoms with Crippen LogP contribution in [0.2, 0.25) is 0 Å². The lowest BCUT2D eigenvalue weighted by molar-refractivity contribution is -0.140. The van der Waals surface area contributed by atoms with Gasteiger partial charge in [0.2, 0.25) is 0 Å². The highest BCUT2D eigenvalue weighted by Crippen LogP contribution is 2.30. The highest BCUT2D eigenvalue weighted by Gasteiger charge is 2.37. The summed E-state index contributed by atoms with van der Waals surface area (Å²) in [5, 5.41) is 18.9. The molecule has 0 fully saturated rings. The van der Waals surface area contributed by atoms with Crippen LogP contribution in [0.25, 0.3) is 10.9 Å². The third kappa shape index (κ3) is 1.26. The highest BCUT2D eigenvalue weighted by molar-refractivity contribution is 5.93. The molecule has 80 valence electrons. The lowest BCUT2D eigenvalue weighted by atomic mass is 9.84. The van der Waals surface area contributed by atoms with Crippen LogP contribution < -0.4 is 0 Å². The number of rotatable bonds is 2. The van der Waals surface area contributed by atoms with Crippen LogP contribution in [0.1, 0.15) is 12.5 Å². The smallest absolute Gasteiger partial charge is 0.328 e. The number of nitrogens with one attached hydrogen (secondary N) is 1. The zero-order chi connectivity index (χ0) is 11.8. The number of carbonyl (C=O) groups is 1. The van der Waals surface area contributed by atoms with Gasteiger partial charge in [0, 0.05) is 22.7 Å². The van der Waals surface area contributed by atoms with Gasteiger partial charge in [-0.25, -0.2) is 0 Å². The van der Waals surface area contributed by atoms with E-state index in [9.17, 15) is 4.79 Å². The van der Waals surface area contributed by atoms with E-state index in [1.807, 2.05) is 24.3 Å². The van der Waals surface area contributed by atoms with E-state index in [1.165, 1.54) is 6.92 Å². The van der Waals surface area contributed by atoms with Crippen molar-refractivity contribution in [2.24, 2.45) is 0 Å². The molecular weight excluding hydrogens is 204 g/mol. The number of carboxylic acid groups (broad SMARTS) is 1. The summed E-state index contributed by atoms with van der Waals surface area (Å²) in [6.45, 7) is 1.41. The van der Waals surface area contributed by atoms with Crippen molar-refractivity contribution in [3.05, 3.63) is 36.0 Å². The molecule has 1 atom stereocenters. The van der Waals surface area contributed by atoms with Gasteiger partial charge in [0.05, 0.1) is 6.07 Å². The molecular formula is C12H10N2O2. The molecule has 0 spiro atoms. The van der Waals surface area contributed by atoms with Gasteiger partial charge in [-0.2, -0.15) is 5.26 Å². The van der Waals surface area contributed by atoms with Crippen LogP contribution in [0.15, 0.2) is 30.5 Å². The number of para-hydroxylation sites is 1. The number of hydrogen-bond donors (Lipinski definition) is 2. The van der Waals surface area contributed by atoms with Crippen LogP contribution in [-0.2, 0) is 10.2 Å². The number of H-pyrrole nitrogens is 1. The summed E-state index contributed by atoms with van der Waals surface area (Å²) in [5.74, 6) is -1.14. The Morgan fingerprint density at radius 1 is 1.50 bits per heavy atom. The molecule has 0 radical (unpaired) electrons. The minimum atomic E-state index is -1.51. The van der Waals surface area contributed by atoms with Crippen molar-refractivity contribution in [2.45, 2.75) is 12.3 Å². The SMILES string of the molecule is C[C@@](C#N)(C(=O)O)c1c[nH]c2ccccc12. The zero-order valence-corrected chi connectivity index (χ0v) is 8.69. The summed E-state index contributed by atoms with van der Waals surface area (Å²) in [6.07, 6.45) is 1.59. The number of aromatic amines is 1. The van der Waals surface area contributed by atoms with Crippen molar-refractivity contribution in [2.75, 3.05) is 0 Å². The van der Waals surface area contributed by atoms with Gasteiger partial charge in [-0.3, -0.25) is 4.79 Å². The number of carboxylic acids is 1. The second-order valence-electron chi connectivity index (χ2n) is 3.79. The molecule has 0 amide bonds. The Kier molecular flexibility index (Phi) is 2.17. The van der Waals surface area contributed by atoms with Gasteiger partial charge in [-0.1, -0.05) is 18.2 Å². The van der Waals surface area contributed by atoms with Crippen molar-refractivity contribution in [1.82, 2.24) is 4.98 Å². The topological polar surface area (TPSA) is 76.9 Å². The van der Waals surface area contributed by atoms with Crippen molar-refractivity contribution in [1.29, 1.82) is 5.26 Å². The second kappa shape index (κ2) is 3.38. The molecule has 0 bridgehead atoms. The Bertz CT molecular complexity index is 594. The molecule has 0 aliphatic rings. The standard InChI is InChI=1S/C12H10N2O2/c1-12(7-13,11(15)16)9-6-14-10-5-3-2-4-8(9)10/h2-6,14H,1H3,(H,15,16)/t12-/m0/s1. The lowest BCUT2D eigenvalue weighted by Gasteiger charge is -2.14. The van der Waals surface area contributed by atoms with Gasteiger partial charge >= 0.3 is 5.97 Å². The van der Waals surface area contributed by atoms with Crippen molar-refractivity contribution >= 4 is 16.9 Å². The van der Waals surface area contributed by atoms with Gasteiger partial charge in [0.1, 0.15) is 0 Å². The Morgan fingerprint density at radius 3 is 2.81 bits per heavy atom. The maximum Gasteiger partial charge on any atom is 0.328 e. The fraction of sp³-hybridized carbons (Fsp3) is 0.167. The van der Waals surface area contributed by atoms with Gasteiger partial charge in [0.25, 0.3) is 0 Å². The molecule has 2 N–H and O–H groups in total. The summed E-state index contributed by atoms with van der Waals surface area (Å²) >= 11 is 0. The predicted molar refractivity (Wildman–Crippen MR) is 58.9 cm³/mol. The first-order valence-electron chi connectivity index (χ1n) is 4.81. The zero-order valence-electron chi connectivity index (χ0n) is 8.69. The van der Waals surface area contributed by atoms with Gasteiger partial charge in [-0.05, 0) is 13.0 Å². The van der Waals surface area contributed by atoms with Gasteiger partial charge < -0.3 is 10.1 Å². The van der Waals surface area contributed by atoms with Crippen LogP contribution in [-0.4, -0.2) is 16.1 Å². The maximum atomic E-state index is 11.2. The minimum absolute atomic E-state index is 0.498. The Morgan fingerprint density at radius 2 is 2.19 bits per heavy atom. The fourth-order valence-corrected chi connectivity index (χ4v) is 1.71. The van der Waals surface area contributed by atoms with Crippen LogP contribution >= 0.6 is 0 Å².